The second kappa shape index (κ2) is 9.64. The van der Waals surface area contributed by atoms with Gasteiger partial charge < -0.3 is 9.15 Å². The van der Waals surface area contributed by atoms with Gasteiger partial charge in [-0.25, -0.2) is 14.8 Å². The van der Waals surface area contributed by atoms with Gasteiger partial charge in [0.05, 0.1) is 36.0 Å². The number of nitrogens with one attached hydrogen (secondary N) is 1. The van der Waals surface area contributed by atoms with Gasteiger partial charge in [-0.3, -0.25) is 9.83 Å². The van der Waals surface area contributed by atoms with E-state index in [0.717, 1.165) is 38.2 Å². The Balaban J connectivity index is 1.30. The molecule has 8 nitrogen and oxygen atoms in total. The number of pyridine rings is 1. The van der Waals surface area contributed by atoms with Crippen LogP contribution in [0.2, 0.25) is 0 Å². The van der Waals surface area contributed by atoms with Crippen molar-refractivity contribution >= 4 is 55.2 Å². The van der Waals surface area contributed by atoms with Crippen molar-refractivity contribution in [3.63, 3.8) is 0 Å². The van der Waals surface area contributed by atoms with Crippen LogP contribution in [0.1, 0.15) is 5.69 Å². The molecule has 37 heavy (non-hydrogen) atoms. The third-order valence-corrected chi connectivity index (χ3v) is 6.99. The standard InChI is InChI=1S/C27H18BrN5O3S/c1-35-19-8-5-16(6-9-19)25-22(33-11-3-2-4-24(33)31-25)14-29-32-27-30-21(15-37-27)20-13-17-12-18(28)7-10-23(17)36-26(20)34/h2-15H,1H3,(H,30,32)/b29-14+. The van der Waals surface area contributed by atoms with Crippen molar-refractivity contribution in [3.05, 3.63) is 98.9 Å². The molecular formula is C27H18BrN5O3S. The lowest BCUT2D eigenvalue weighted by atomic mass is 10.1. The zero-order valence-electron chi connectivity index (χ0n) is 19.4. The summed E-state index contributed by atoms with van der Waals surface area (Å²) in [4.78, 5) is 21.9. The largest absolute Gasteiger partial charge is 0.497 e. The van der Waals surface area contributed by atoms with Crippen molar-refractivity contribution in [2.75, 3.05) is 12.5 Å². The molecule has 0 saturated carbocycles. The normalized spacial score (nSPS) is 11.5. The predicted molar refractivity (Wildman–Crippen MR) is 150 cm³/mol. The Bertz CT molecular complexity index is 1840. The average molecular weight is 572 g/mol. The van der Waals surface area contributed by atoms with E-state index < -0.39 is 5.63 Å². The number of hydrogen-bond donors (Lipinski definition) is 1. The van der Waals surface area contributed by atoms with E-state index in [2.05, 4.69) is 31.4 Å². The zero-order valence-corrected chi connectivity index (χ0v) is 21.8. The topological polar surface area (TPSA) is 94.0 Å². The van der Waals surface area contributed by atoms with Crippen molar-refractivity contribution < 1.29 is 9.15 Å². The summed E-state index contributed by atoms with van der Waals surface area (Å²) in [5, 5.41) is 7.57. The highest BCUT2D eigenvalue weighted by Crippen LogP contribution is 2.28. The number of nitrogens with zero attached hydrogens (tertiary/aromatic N) is 4. The maximum absolute atomic E-state index is 12.6. The molecular weight excluding hydrogens is 554 g/mol. The number of fused-ring (bicyclic) bond motifs is 2. The van der Waals surface area contributed by atoms with Crippen LogP contribution in [-0.4, -0.2) is 27.7 Å². The van der Waals surface area contributed by atoms with E-state index in [0.29, 0.717) is 22.0 Å². The van der Waals surface area contributed by atoms with Crippen LogP contribution in [0.5, 0.6) is 5.75 Å². The lowest BCUT2D eigenvalue weighted by Gasteiger charge is -2.03. The monoisotopic (exact) mass is 571 g/mol. The highest BCUT2D eigenvalue weighted by Gasteiger charge is 2.14. The molecule has 10 heteroatoms. The maximum atomic E-state index is 12.6. The number of ether oxygens (including phenoxy) is 1. The van der Waals surface area contributed by atoms with E-state index in [1.165, 1.54) is 11.3 Å². The first-order valence-electron chi connectivity index (χ1n) is 11.2. The van der Waals surface area contributed by atoms with Crippen LogP contribution in [0.15, 0.2) is 97.1 Å². The van der Waals surface area contributed by atoms with Gasteiger partial charge in [0.15, 0.2) is 0 Å². The van der Waals surface area contributed by atoms with E-state index in [1.54, 1.807) is 30.8 Å². The molecule has 6 rings (SSSR count). The molecule has 0 aliphatic rings. The van der Waals surface area contributed by atoms with Gasteiger partial charge in [-0.2, -0.15) is 5.10 Å². The molecule has 0 atom stereocenters. The fourth-order valence-electron chi connectivity index (χ4n) is 3.97. The Morgan fingerprint density at radius 1 is 1.11 bits per heavy atom. The van der Waals surface area contributed by atoms with Gasteiger partial charge in [-0.15, -0.1) is 11.3 Å². The first kappa shape index (κ1) is 23.1. The SMILES string of the molecule is COc1ccc(-c2nc3ccccn3c2/C=N/Nc2nc(-c3cc4cc(Br)ccc4oc3=O)cs2)cc1. The second-order valence-electron chi connectivity index (χ2n) is 8.04. The molecule has 1 N–H and O–H groups in total. The Morgan fingerprint density at radius 3 is 2.81 bits per heavy atom. The number of thiazole rings is 1. The first-order valence-corrected chi connectivity index (χ1v) is 12.9. The third-order valence-electron chi connectivity index (χ3n) is 5.75. The molecule has 4 heterocycles. The number of aromatic nitrogens is 3. The van der Waals surface area contributed by atoms with Crippen molar-refractivity contribution in [3.8, 4) is 28.3 Å². The highest BCUT2D eigenvalue weighted by molar-refractivity contribution is 9.10. The molecule has 182 valence electrons. The molecule has 0 saturated heterocycles. The Kier molecular flexibility index (Phi) is 6.03. The van der Waals surface area contributed by atoms with Gasteiger partial charge in [0, 0.05) is 27.0 Å². The Hall–Kier alpha value is -4.28. The molecule has 0 radical (unpaired) electrons. The van der Waals surface area contributed by atoms with Gasteiger partial charge >= 0.3 is 5.63 Å². The number of halogens is 1. The summed E-state index contributed by atoms with van der Waals surface area (Å²) in [7, 11) is 1.64. The first-order chi connectivity index (χ1) is 18.1. The fraction of sp³-hybridized carbons (Fsp3) is 0.0370. The van der Waals surface area contributed by atoms with Crippen LogP contribution in [0.25, 0.3) is 39.1 Å². The van der Waals surface area contributed by atoms with Gasteiger partial charge in [-0.1, -0.05) is 22.0 Å². The average Bonchev–Trinajstić information content (AvgIpc) is 3.54. The number of anilines is 1. The van der Waals surface area contributed by atoms with Crippen molar-refractivity contribution in [2.45, 2.75) is 0 Å². The summed E-state index contributed by atoms with van der Waals surface area (Å²) in [6.07, 6.45) is 3.65. The molecule has 0 bridgehead atoms. The minimum absolute atomic E-state index is 0.391. The Labute approximate surface area is 223 Å². The van der Waals surface area contributed by atoms with Crippen LogP contribution < -0.4 is 15.8 Å². The number of benzene rings is 2. The number of methoxy groups -OCH3 is 1. The number of hydrogen-bond acceptors (Lipinski definition) is 8. The highest BCUT2D eigenvalue weighted by atomic mass is 79.9. The second-order valence-corrected chi connectivity index (χ2v) is 9.81. The maximum Gasteiger partial charge on any atom is 0.345 e. The summed E-state index contributed by atoms with van der Waals surface area (Å²) in [5.74, 6) is 0.775. The van der Waals surface area contributed by atoms with E-state index >= 15 is 0 Å². The summed E-state index contributed by atoms with van der Waals surface area (Å²) in [5.41, 5.74) is 7.32. The van der Waals surface area contributed by atoms with Gasteiger partial charge in [0.25, 0.3) is 0 Å². The summed E-state index contributed by atoms with van der Waals surface area (Å²) < 4.78 is 13.6. The molecule has 0 fully saturated rings. The minimum Gasteiger partial charge on any atom is -0.497 e. The molecule has 4 aromatic heterocycles. The van der Waals surface area contributed by atoms with Gasteiger partial charge in [-0.05, 0) is 60.7 Å². The van der Waals surface area contributed by atoms with Crippen molar-refractivity contribution in [2.24, 2.45) is 5.10 Å². The fourth-order valence-corrected chi connectivity index (χ4v) is 5.01. The Morgan fingerprint density at radius 2 is 1.97 bits per heavy atom. The van der Waals surface area contributed by atoms with Gasteiger partial charge in [0.1, 0.15) is 17.0 Å². The van der Waals surface area contributed by atoms with Crippen LogP contribution in [0.3, 0.4) is 0 Å². The van der Waals surface area contributed by atoms with E-state index in [4.69, 9.17) is 14.1 Å². The predicted octanol–water partition coefficient (Wildman–Crippen LogP) is 6.45. The van der Waals surface area contributed by atoms with E-state index in [-0.39, 0.29) is 0 Å². The molecule has 0 aliphatic carbocycles. The van der Waals surface area contributed by atoms with E-state index in [9.17, 15) is 4.79 Å². The molecule has 6 aromatic rings. The molecule has 0 unspecified atom stereocenters. The van der Waals surface area contributed by atoms with E-state index in [1.807, 2.05) is 65.2 Å². The van der Waals surface area contributed by atoms with Gasteiger partial charge in [0.2, 0.25) is 5.13 Å². The molecule has 0 spiro atoms. The quantitative estimate of drug-likeness (QED) is 0.140. The molecule has 0 aliphatic heterocycles. The number of imidazole rings is 1. The zero-order chi connectivity index (χ0) is 25.4. The van der Waals surface area contributed by atoms with Crippen LogP contribution >= 0.6 is 27.3 Å². The summed E-state index contributed by atoms with van der Waals surface area (Å²) >= 11 is 4.80. The lowest BCUT2D eigenvalue weighted by molar-refractivity contribution is 0.415. The number of rotatable bonds is 6. The van der Waals surface area contributed by atoms with Crippen molar-refractivity contribution in [1.29, 1.82) is 0 Å². The minimum atomic E-state index is -0.440. The lowest BCUT2D eigenvalue weighted by Crippen LogP contribution is -2.03. The summed E-state index contributed by atoms with van der Waals surface area (Å²) in [6.45, 7) is 0. The molecule has 2 aromatic carbocycles. The van der Waals surface area contributed by atoms with Crippen LogP contribution in [0.4, 0.5) is 5.13 Å². The van der Waals surface area contributed by atoms with Crippen LogP contribution in [-0.2, 0) is 0 Å². The van der Waals surface area contributed by atoms with Crippen LogP contribution in [0, 0.1) is 0 Å². The third kappa shape index (κ3) is 4.52. The smallest absolute Gasteiger partial charge is 0.345 e. The molecule has 0 amide bonds. The summed E-state index contributed by atoms with van der Waals surface area (Å²) in [6, 6.07) is 20.8. The van der Waals surface area contributed by atoms with Crippen molar-refractivity contribution in [1.82, 2.24) is 14.4 Å². The number of hydrazone groups is 1.